The van der Waals surface area contributed by atoms with E-state index in [1.807, 2.05) is 12.1 Å². The van der Waals surface area contributed by atoms with Crippen LogP contribution in [0.15, 0.2) is 18.2 Å². The molecule has 7 heteroatoms. The Morgan fingerprint density at radius 3 is 2.50 bits per heavy atom. The van der Waals surface area contributed by atoms with Crippen LogP contribution in [0, 0.1) is 0 Å². The third-order valence-electron chi connectivity index (χ3n) is 4.71. The molecule has 0 aromatic heterocycles. The molecule has 1 aromatic carbocycles. The number of ether oxygens (including phenoxy) is 3. The number of rotatable bonds is 3. The number of carbonyl (C=O) groups excluding carboxylic acids is 2. The van der Waals surface area contributed by atoms with Crippen molar-refractivity contribution in [2.75, 3.05) is 19.8 Å². The molecule has 0 aliphatic carbocycles. The first-order valence-corrected chi connectivity index (χ1v) is 8.19. The van der Waals surface area contributed by atoms with Gasteiger partial charge in [-0.15, -0.1) is 0 Å². The number of fused-ring (bicyclic) bond motifs is 2. The Morgan fingerprint density at radius 2 is 1.79 bits per heavy atom. The fourth-order valence-corrected chi connectivity index (χ4v) is 3.59. The summed E-state index contributed by atoms with van der Waals surface area (Å²) in [6.07, 6.45) is 0.381. The second-order valence-electron chi connectivity index (χ2n) is 6.40. The molecule has 0 saturated carbocycles. The largest absolute Gasteiger partial charge is 0.493 e. The van der Waals surface area contributed by atoms with Gasteiger partial charge in [0, 0.05) is 18.9 Å². The van der Waals surface area contributed by atoms with Gasteiger partial charge >= 0.3 is 0 Å². The van der Waals surface area contributed by atoms with E-state index in [4.69, 9.17) is 14.2 Å². The van der Waals surface area contributed by atoms with E-state index in [0.29, 0.717) is 25.4 Å². The Balaban J connectivity index is 1.41. The Bertz CT molecular complexity index is 677. The summed E-state index contributed by atoms with van der Waals surface area (Å²) in [5, 5.41) is 5.82. The van der Waals surface area contributed by atoms with Crippen LogP contribution < -0.4 is 15.4 Å². The van der Waals surface area contributed by atoms with E-state index in [1.165, 1.54) is 6.92 Å². The van der Waals surface area contributed by atoms with E-state index in [0.717, 1.165) is 17.7 Å². The molecule has 24 heavy (non-hydrogen) atoms. The van der Waals surface area contributed by atoms with Crippen molar-refractivity contribution in [2.24, 2.45) is 0 Å². The summed E-state index contributed by atoms with van der Waals surface area (Å²) in [4.78, 5) is 23.7. The van der Waals surface area contributed by atoms with Crippen LogP contribution in [0.25, 0.3) is 0 Å². The Hall–Kier alpha value is -2.12. The van der Waals surface area contributed by atoms with Crippen LogP contribution in [0.3, 0.4) is 0 Å². The van der Waals surface area contributed by atoms with Gasteiger partial charge in [-0.3, -0.25) is 9.59 Å². The van der Waals surface area contributed by atoms with Gasteiger partial charge in [0.05, 0.1) is 31.9 Å². The maximum Gasteiger partial charge on any atom is 0.251 e. The summed E-state index contributed by atoms with van der Waals surface area (Å²) in [6, 6.07) is 5.10. The van der Waals surface area contributed by atoms with Gasteiger partial charge in [-0.2, -0.15) is 0 Å². The molecule has 0 bridgehead atoms. The van der Waals surface area contributed by atoms with Crippen LogP contribution >= 0.6 is 0 Å². The molecule has 1 aromatic rings. The Labute approximate surface area is 139 Å². The molecule has 0 unspecified atom stereocenters. The van der Waals surface area contributed by atoms with Crippen LogP contribution in [-0.2, 0) is 20.7 Å². The molecule has 0 spiro atoms. The molecule has 3 heterocycles. The van der Waals surface area contributed by atoms with Crippen molar-refractivity contribution < 1.29 is 23.8 Å². The van der Waals surface area contributed by atoms with Crippen molar-refractivity contribution in [3.8, 4) is 5.75 Å². The van der Waals surface area contributed by atoms with Gasteiger partial charge in [0.2, 0.25) is 5.91 Å². The maximum absolute atomic E-state index is 12.5. The van der Waals surface area contributed by atoms with Gasteiger partial charge in [0.1, 0.15) is 18.0 Å². The van der Waals surface area contributed by atoms with E-state index >= 15 is 0 Å². The number of nitrogens with one attached hydrogen (secondary N) is 2. The molecule has 4 rings (SSSR count). The lowest BCUT2D eigenvalue weighted by Crippen LogP contribution is -2.46. The Kier molecular flexibility index (Phi) is 3.90. The smallest absolute Gasteiger partial charge is 0.251 e. The van der Waals surface area contributed by atoms with Crippen molar-refractivity contribution in [2.45, 2.75) is 37.6 Å². The molecular formula is C17H20N2O5. The average molecular weight is 332 g/mol. The highest BCUT2D eigenvalue weighted by molar-refractivity contribution is 5.95. The molecular weight excluding hydrogens is 312 g/mol. The lowest BCUT2D eigenvalue weighted by Gasteiger charge is -2.18. The Morgan fingerprint density at radius 1 is 1.08 bits per heavy atom. The lowest BCUT2D eigenvalue weighted by molar-refractivity contribution is -0.120. The maximum atomic E-state index is 12.5. The predicted octanol–water partition coefficient (Wildman–Crippen LogP) is 0.0222. The number of hydrogen-bond acceptors (Lipinski definition) is 5. The molecule has 3 aliphatic rings. The minimum atomic E-state index is -0.233. The van der Waals surface area contributed by atoms with Gasteiger partial charge < -0.3 is 24.8 Å². The minimum Gasteiger partial charge on any atom is -0.493 e. The molecule has 2 amide bonds. The van der Waals surface area contributed by atoms with Crippen molar-refractivity contribution in [3.05, 3.63) is 29.3 Å². The summed E-state index contributed by atoms with van der Waals surface area (Å²) in [7, 11) is 0. The fraction of sp³-hybridized carbons (Fsp3) is 0.529. The first kappa shape index (κ1) is 15.4. The number of hydrogen-bond donors (Lipinski definition) is 2. The number of carbonyl (C=O) groups is 2. The van der Waals surface area contributed by atoms with Crippen LogP contribution in [0.2, 0.25) is 0 Å². The fourth-order valence-electron chi connectivity index (χ4n) is 3.59. The average Bonchev–Trinajstić information content (AvgIpc) is 3.25. The first-order valence-electron chi connectivity index (χ1n) is 8.19. The van der Waals surface area contributed by atoms with E-state index in [9.17, 15) is 9.59 Å². The van der Waals surface area contributed by atoms with Crippen molar-refractivity contribution >= 4 is 11.8 Å². The number of benzene rings is 1. The molecule has 2 fully saturated rings. The quantitative estimate of drug-likeness (QED) is 0.815. The highest BCUT2D eigenvalue weighted by Gasteiger charge is 2.48. The SMILES string of the molecule is CC(=O)N[C@H]1CO[C@H]2[C@@H]1OC[C@@H]2NC(=O)c1ccc2c(c1)CCO2. The third kappa shape index (κ3) is 2.74. The summed E-state index contributed by atoms with van der Waals surface area (Å²) >= 11 is 0. The first-order chi connectivity index (χ1) is 11.6. The highest BCUT2D eigenvalue weighted by Crippen LogP contribution is 2.28. The molecule has 128 valence electrons. The van der Waals surface area contributed by atoms with Gasteiger partial charge in [0.15, 0.2) is 0 Å². The van der Waals surface area contributed by atoms with Gasteiger partial charge in [-0.25, -0.2) is 0 Å². The molecule has 4 atom stereocenters. The third-order valence-corrected chi connectivity index (χ3v) is 4.71. The van der Waals surface area contributed by atoms with Crippen LogP contribution in [0.1, 0.15) is 22.8 Å². The van der Waals surface area contributed by atoms with Crippen LogP contribution in [0.4, 0.5) is 0 Å². The van der Waals surface area contributed by atoms with Crippen molar-refractivity contribution in [1.82, 2.24) is 10.6 Å². The van der Waals surface area contributed by atoms with Crippen LogP contribution in [0.5, 0.6) is 5.75 Å². The summed E-state index contributed by atoms with van der Waals surface area (Å²) in [5.41, 5.74) is 1.67. The van der Waals surface area contributed by atoms with E-state index < -0.39 is 0 Å². The number of amides is 2. The molecule has 2 saturated heterocycles. The highest BCUT2D eigenvalue weighted by atomic mass is 16.6. The zero-order valence-corrected chi connectivity index (χ0v) is 13.4. The standard InChI is InChI=1S/C17H20N2O5/c1-9(20)18-12-7-23-16-13(8-24-15(12)16)19-17(21)11-2-3-14-10(6-11)4-5-22-14/h2-3,6,12-13,15-16H,4-5,7-8H2,1H3,(H,18,20)(H,19,21)/t12-,13-,15+,16+/m0/s1. The summed E-state index contributed by atoms with van der Waals surface area (Å²) in [6.45, 7) is 2.92. The lowest BCUT2D eigenvalue weighted by atomic mass is 10.0. The molecule has 3 aliphatic heterocycles. The second kappa shape index (κ2) is 6.07. The van der Waals surface area contributed by atoms with Crippen molar-refractivity contribution in [1.29, 1.82) is 0 Å². The van der Waals surface area contributed by atoms with E-state index in [2.05, 4.69) is 10.6 Å². The zero-order valence-electron chi connectivity index (χ0n) is 13.4. The topological polar surface area (TPSA) is 85.9 Å². The molecule has 0 radical (unpaired) electrons. The monoisotopic (exact) mass is 332 g/mol. The predicted molar refractivity (Wildman–Crippen MR) is 84.0 cm³/mol. The summed E-state index contributed by atoms with van der Waals surface area (Å²) in [5.74, 6) is 0.597. The second-order valence-corrected chi connectivity index (χ2v) is 6.40. The van der Waals surface area contributed by atoms with E-state index in [-0.39, 0.29) is 36.1 Å². The summed E-state index contributed by atoms with van der Waals surface area (Å²) < 4.78 is 16.9. The zero-order chi connectivity index (χ0) is 16.7. The van der Waals surface area contributed by atoms with E-state index in [1.54, 1.807) is 6.07 Å². The molecule has 2 N–H and O–H groups in total. The van der Waals surface area contributed by atoms with Crippen LogP contribution in [-0.4, -0.2) is 55.9 Å². The van der Waals surface area contributed by atoms with Gasteiger partial charge in [-0.1, -0.05) is 0 Å². The van der Waals surface area contributed by atoms with Crippen molar-refractivity contribution in [3.63, 3.8) is 0 Å². The minimum absolute atomic E-state index is 0.110. The normalized spacial score (nSPS) is 30.4. The molecule has 7 nitrogen and oxygen atoms in total. The van der Waals surface area contributed by atoms with Gasteiger partial charge in [-0.05, 0) is 23.8 Å². The van der Waals surface area contributed by atoms with Gasteiger partial charge in [0.25, 0.3) is 5.91 Å².